The van der Waals surface area contributed by atoms with Crippen LogP contribution in [0.3, 0.4) is 0 Å². The third kappa shape index (κ3) is 2.67. The van der Waals surface area contributed by atoms with Crippen molar-refractivity contribution in [2.45, 2.75) is 6.18 Å². The van der Waals surface area contributed by atoms with Gasteiger partial charge in [0.2, 0.25) is 0 Å². The van der Waals surface area contributed by atoms with Gasteiger partial charge in [-0.05, 0) is 35.7 Å². The van der Waals surface area contributed by atoms with Crippen LogP contribution in [0.25, 0.3) is 11.1 Å². The number of rotatable bonds is 1. The Labute approximate surface area is 97.7 Å². The Bertz CT molecular complexity index is 492. The van der Waals surface area contributed by atoms with Gasteiger partial charge in [-0.15, -0.1) is 0 Å². The summed E-state index contributed by atoms with van der Waals surface area (Å²) < 4.78 is 37.1. The predicted octanol–water partition coefficient (Wildman–Crippen LogP) is 4.55. The molecule has 0 aliphatic rings. The van der Waals surface area contributed by atoms with E-state index in [1.807, 2.05) is 24.3 Å². The zero-order valence-electron chi connectivity index (χ0n) is 8.96. The van der Waals surface area contributed by atoms with Gasteiger partial charge in [-0.3, -0.25) is 0 Å². The molecule has 87 valence electrons. The van der Waals surface area contributed by atoms with Gasteiger partial charge in [-0.1, -0.05) is 36.4 Å². The van der Waals surface area contributed by atoms with E-state index in [1.54, 1.807) is 0 Å². The van der Waals surface area contributed by atoms with Crippen molar-refractivity contribution in [3.63, 3.8) is 0 Å². The van der Waals surface area contributed by atoms with Gasteiger partial charge < -0.3 is 0 Å². The molecule has 2 rings (SSSR count). The lowest BCUT2D eigenvalue weighted by molar-refractivity contribution is -0.137. The van der Waals surface area contributed by atoms with Crippen LogP contribution in [0.1, 0.15) is 11.1 Å². The maximum absolute atomic E-state index is 12.4. The maximum Gasteiger partial charge on any atom is 0.416 e. The van der Waals surface area contributed by atoms with Gasteiger partial charge >= 0.3 is 6.18 Å². The molecule has 0 bridgehead atoms. The molecule has 0 fully saturated rings. The third-order valence-electron chi connectivity index (χ3n) is 2.50. The van der Waals surface area contributed by atoms with Gasteiger partial charge in [0.25, 0.3) is 0 Å². The quantitative estimate of drug-likeness (QED) is 0.680. The lowest BCUT2D eigenvalue weighted by atomic mass is 10.0. The average Bonchev–Trinajstić information content (AvgIpc) is 2.29. The minimum absolute atomic E-state index is 0.630. The van der Waals surface area contributed by atoms with Crippen molar-refractivity contribution in [3.05, 3.63) is 66.6 Å². The summed E-state index contributed by atoms with van der Waals surface area (Å²) in [5.74, 6) is 0. The molecule has 1 radical (unpaired) electrons. The SMILES string of the molecule is [CH2]c1ccc(-c2ccc(C(F)(F)F)cc2)cc1. The van der Waals surface area contributed by atoms with Gasteiger partial charge in [-0.2, -0.15) is 13.2 Å². The van der Waals surface area contributed by atoms with Crippen LogP contribution in [0.5, 0.6) is 0 Å². The molecule has 0 unspecified atom stereocenters. The molecule has 0 aliphatic carbocycles. The second kappa shape index (κ2) is 4.24. The van der Waals surface area contributed by atoms with Crippen LogP contribution in [-0.4, -0.2) is 0 Å². The molecular formula is C14H10F3. The Hall–Kier alpha value is -1.77. The normalized spacial score (nSPS) is 11.5. The molecule has 3 heteroatoms. The minimum Gasteiger partial charge on any atom is -0.166 e. The zero-order chi connectivity index (χ0) is 12.5. The number of hydrogen-bond acceptors (Lipinski definition) is 0. The molecule has 0 amide bonds. The Morgan fingerprint density at radius 2 is 1.12 bits per heavy atom. The largest absolute Gasteiger partial charge is 0.416 e. The summed E-state index contributed by atoms with van der Waals surface area (Å²) in [6.45, 7) is 3.75. The molecule has 0 atom stereocenters. The van der Waals surface area contributed by atoms with Crippen LogP contribution in [-0.2, 0) is 6.18 Å². The van der Waals surface area contributed by atoms with Crippen LogP contribution in [0.4, 0.5) is 13.2 Å². The highest BCUT2D eigenvalue weighted by atomic mass is 19.4. The number of hydrogen-bond donors (Lipinski definition) is 0. The summed E-state index contributed by atoms with van der Waals surface area (Å²) >= 11 is 0. The molecule has 0 saturated carbocycles. The fourth-order valence-electron chi connectivity index (χ4n) is 1.55. The first-order valence-corrected chi connectivity index (χ1v) is 5.06. The first kappa shape index (κ1) is 11.7. The Morgan fingerprint density at radius 1 is 0.706 bits per heavy atom. The Kier molecular flexibility index (Phi) is 2.92. The van der Waals surface area contributed by atoms with E-state index in [1.165, 1.54) is 12.1 Å². The lowest BCUT2D eigenvalue weighted by Crippen LogP contribution is -2.03. The molecule has 0 saturated heterocycles. The van der Waals surface area contributed by atoms with Crippen molar-refractivity contribution in [3.8, 4) is 11.1 Å². The third-order valence-corrected chi connectivity index (χ3v) is 2.50. The number of halogens is 3. The van der Waals surface area contributed by atoms with Crippen LogP contribution in [0.2, 0.25) is 0 Å². The average molecular weight is 235 g/mol. The van der Waals surface area contributed by atoms with Crippen LogP contribution < -0.4 is 0 Å². The molecule has 0 heterocycles. The molecule has 2 aromatic carbocycles. The first-order valence-electron chi connectivity index (χ1n) is 5.06. The fraction of sp³-hybridized carbons (Fsp3) is 0.0714. The number of alkyl halides is 3. The molecule has 17 heavy (non-hydrogen) atoms. The Balaban J connectivity index is 2.33. The van der Waals surface area contributed by atoms with E-state index in [0.29, 0.717) is 0 Å². The second-order valence-corrected chi connectivity index (χ2v) is 3.77. The van der Waals surface area contributed by atoms with E-state index in [2.05, 4.69) is 6.92 Å². The summed E-state index contributed by atoms with van der Waals surface area (Å²) in [6, 6.07) is 12.5. The molecule has 0 nitrogen and oxygen atoms in total. The van der Waals surface area contributed by atoms with Gasteiger partial charge in [0.05, 0.1) is 5.56 Å². The standard InChI is InChI=1S/C14H10F3/c1-10-2-4-11(5-3-10)12-6-8-13(9-7-12)14(15,16)17/h2-9H,1H2. The van der Waals surface area contributed by atoms with Crippen molar-refractivity contribution in [1.29, 1.82) is 0 Å². The summed E-state index contributed by atoms with van der Waals surface area (Å²) in [7, 11) is 0. The van der Waals surface area contributed by atoms with E-state index in [0.717, 1.165) is 28.8 Å². The first-order chi connectivity index (χ1) is 7.97. The summed E-state index contributed by atoms with van der Waals surface area (Å²) in [4.78, 5) is 0. The van der Waals surface area contributed by atoms with Crippen LogP contribution in [0, 0.1) is 6.92 Å². The topological polar surface area (TPSA) is 0 Å². The van der Waals surface area contributed by atoms with E-state index < -0.39 is 11.7 Å². The van der Waals surface area contributed by atoms with E-state index in [-0.39, 0.29) is 0 Å². The maximum atomic E-state index is 12.4. The van der Waals surface area contributed by atoms with Crippen molar-refractivity contribution < 1.29 is 13.2 Å². The molecular weight excluding hydrogens is 225 g/mol. The molecule has 0 spiro atoms. The highest BCUT2D eigenvalue weighted by Crippen LogP contribution is 2.30. The number of benzene rings is 2. The van der Waals surface area contributed by atoms with Crippen LogP contribution >= 0.6 is 0 Å². The van der Waals surface area contributed by atoms with Gasteiger partial charge in [0.1, 0.15) is 0 Å². The van der Waals surface area contributed by atoms with Gasteiger partial charge in [0.15, 0.2) is 0 Å². The van der Waals surface area contributed by atoms with E-state index in [4.69, 9.17) is 0 Å². The zero-order valence-corrected chi connectivity index (χ0v) is 8.96. The second-order valence-electron chi connectivity index (χ2n) is 3.77. The van der Waals surface area contributed by atoms with E-state index in [9.17, 15) is 13.2 Å². The Morgan fingerprint density at radius 3 is 1.53 bits per heavy atom. The van der Waals surface area contributed by atoms with Crippen LogP contribution in [0.15, 0.2) is 48.5 Å². The lowest BCUT2D eigenvalue weighted by Gasteiger charge is -2.07. The molecule has 2 aromatic rings. The van der Waals surface area contributed by atoms with Crippen molar-refractivity contribution in [2.24, 2.45) is 0 Å². The molecule has 0 aliphatic heterocycles. The van der Waals surface area contributed by atoms with Gasteiger partial charge in [0, 0.05) is 0 Å². The molecule has 0 aromatic heterocycles. The minimum atomic E-state index is -4.28. The van der Waals surface area contributed by atoms with Crippen molar-refractivity contribution >= 4 is 0 Å². The summed E-state index contributed by atoms with van der Waals surface area (Å²) in [5.41, 5.74) is 1.89. The molecule has 0 N–H and O–H groups in total. The summed E-state index contributed by atoms with van der Waals surface area (Å²) in [6.07, 6.45) is -4.28. The van der Waals surface area contributed by atoms with Crippen molar-refractivity contribution in [1.82, 2.24) is 0 Å². The van der Waals surface area contributed by atoms with Gasteiger partial charge in [-0.25, -0.2) is 0 Å². The predicted molar refractivity (Wildman–Crippen MR) is 61.3 cm³/mol. The van der Waals surface area contributed by atoms with Crippen molar-refractivity contribution in [2.75, 3.05) is 0 Å². The fourth-order valence-corrected chi connectivity index (χ4v) is 1.55. The monoisotopic (exact) mass is 235 g/mol. The highest BCUT2D eigenvalue weighted by Gasteiger charge is 2.29. The van der Waals surface area contributed by atoms with E-state index >= 15 is 0 Å². The summed E-state index contributed by atoms with van der Waals surface area (Å²) in [5, 5.41) is 0. The smallest absolute Gasteiger partial charge is 0.166 e. The highest BCUT2D eigenvalue weighted by molar-refractivity contribution is 5.64.